The van der Waals surface area contributed by atoms with Crippen molar-refractivity contribution < 1.29 is 113 Å². The molecule has 0 aromatic heterocycles. The molecule has 0 unspecified atom stereocenters. The molecule has 0 aromatic carbocycles. The third-order valence-corrected chi connectivity index (χ3v) is 1.13. The van der Waals surface area contributed by atoms with Crippen LogP contribution in [0.1, 0.15) is 1.43 Å². The Labute approximate surface area is 141 Å². The number of rotatable bonds is 0. The molecule has 2 aliphatic rings. The van der Waals surface area contributed by atoms with E-state index in [1.165, 1.54) is 0 Å². The standard InChI is InChI=1S/B4H2O7.K.5H2O.H/c5-1-7-3-9-2(6)10-4(8-1)11-3;;;;;;;/h5-6H;;5*1H2;/q;+1;;;;;;-1. The molecule has 0 aromatic rings. The minimum Gasteiger partial charge on any atom is -1.00 e. The van der Waals surface area contributed by atoms with Gasteiger partial charge in [-0.15, -0.1) is 0 Å². The van der Waals surface area contributed by atoms with Gasteiger partial charge in [0, 0.05) is 0 Å². The Kier molecular flexibility index (Phi) is 25.3. The van der Waals surface area contributed by atoms with Gasteiger partial charge in [0.25, 0.3) is 0 Å². The molecule has 17 heavy (non-hydrogen) atoms. The van der Waals surface area contributed by atoms with Crippen LogP contribution in [0.3, 0.4) is 0 Å². The second-order valence-corrected chi connectivity index (χ2v) is 1.87. The van der Waals surface area contributed by atoms with E-state index in [0.717, 1.165) is 0 Å². The van der Waals surface area contributed by atoms with Gasteiger partial charge >= 0.3 is 80.7 Å². The Morgan fingerprint density at radius 3 is 1.06 bits per heavy atom. The first-order valence-corrected chi connectivity index (χ1v) is 2.87. The third kappa shape index (κ3) is 9.02. The molecule has 98 valence electrons. The molecule has 12 nitrogen and oxygen atoms in total. The molecule has 2 bridgehead atoms. The van der Waals surface area contributed by atoms with Gasteiger partial charge in [0.15, 0.2) is 0 Å². The maximum Gasteiger partial charge on any atom is 1.00 e. The van der Waals surface area contributed by atoms with Crippen LogP contribution in [0.25, 0.3) is 0 Å². The van der Waals surface area contributed by atoms with Crippen molar-refractivity contribution in [3.8, 4) is 0 Å². The monoisotopic (exact) mass is 288 g/mol. The SMILES string of the molecule is O.O.O.O.O.OB1OB2OB(O)OB(O1)O2.[H-].[K+]. The number of hydrogen-bond donors (Lipinski definition) is 2. The summed E-state index contributed by atoms with van der Waals surface area (Å²) in [6.07, 6.45) is 0. The zero-order valence-corrected chi connectivity index (χ0v) is 11.9. The van der Waals surface area contributed by atoms with Crippen LogP contribution in [0.5, 0.6) is 0 Å². The van der Waals surface area contributed by atoms with Crippen LogP contribution in [0.15, 0.2) is 0 Å². The van der Waals surface area contributed by atoms with Crippen molar-refractivity contribution in [2.24, 2.45) is 0 Å². The van der Waals surface area contributed by atoms with Gasteiger partial charge in [-0.3, -0.25) is 0 Å². The molecule has 2 aliphatic heterocycles. The quantitative estimate of drug-likeness (QED) is 0.406. The van der Waals surface area contributed by atoms with Gasteiger partial charge in [0.2, 0.25) is 0 Å². The van der Waals surface area contributed by atoms with Gasteiger partial charge in [-0.05, 0) is 0 Å². The molecule has 2 heterocycles. The predicted octanol–water partition coefficient (Wildman–Crippen LogP) is -9.99. The van der Waals surface area contributed by atoms with Gasteiger partial charge in [0.05, 0.1) is 0 Å². The predicted molar refractivity (Wildman–Crippen MR) is 52.1 cm³/mol. The molecule has 0 saturated carbocycles. The van der Waals surface area contributed by atoms with E-state index in [9.17, 15) is 0 Å². The van der Waals surface area contributed by atoms with E-state index >= 15 is 0 Å². The molecule has 0 radical (unpaired) electrons. The average molecular weight is 287 g/mol. The van der Waals surface area contributed by atoms with Crippen LogP contribution in [-0.4, -0.2) is 66.7 Å². The fourth-order valence-electron chi connectivity index (χ4n) is 0.728. The molecule has 17 heteroatoms. The van der Waals surface area contributed by atoms with Gasteiger partial charge < -0.3 is 61.7 Å². The molecule has 0 spiro atoms. The van der Waals surface area contributed by atoms with E-state index in [4.69, 9.17) is 10.0 Å². The summed E-state index contributed by atoms with van der Waals surface area (Å²) in [5, 5.41) is 17.5. The fraction of sp³-hybridized carbons (Fsp3) is 0. The Morgan fingerprint density at radius 1 is 0.588 bits per heavy atom. The molecular formula is H13B4KO12. The largest absolute Gasteiger partial charge is 1.00 e. The average Bonchev–Trinajstić information content (AvgIpc) is 1.82. The maximum absolute atomic E-state index is 8.74. The van der Waals surface area contributed by atoms with Crippen LogP contribution in [0, 0.1) is 0 Å². The van der Waals surface area contributed by atoms with Crippen molar-refractivity contribution in [2.75, 3.05) is 0 Å². The van der Waals surface area contributed by atoms with Gasteiger partial charge in [0.1, 0.15) is 0 Å². The molecule has 12 N–H and O–H groups in total. The Morgan fingerprint density at radius 2 is 0.824 bits per heavy atom. The van der Waals surface area contributed by atoms with Gasteiger partial charge in [-0.1, -0.05) is 0 Å². The number of hydrogen-bond acceptors (Lipinski definition) is 7. The summed E-state index contributed by atoms with van der Waals surface area (Å²) in [6, 6.07) is 0. The van der Waals surface area contributed by atoms with Crippen LogP contribution in [0.4, 0.5) is 0 Å². The maximum atomic E-state index is 8.74. The second kappa shape index (κ2) is 13.8. The minimum atomic E-state index is -1.45. The summed E-state index contributed by atoms with van der Waals surface area (Å²) >= 11 is 0. The van der Waals surface area contributed by atoms with Crippen molar-refractivity contribution >= 4 is 29.3 Å². The first-order valence-electron chi connectivity index (χ1n) is 2.87. The topological polar surface area (TPSA) is 244 Å². The van der Waals surface area contributed by atoms with Crippen LogP contribution in [0.2, 0.25) is 0 Å². The summed E-state index contributed by atoms with van der Waals surface area (Å²) in [4.78, 5) is 0. The van der Waals surface area contributed by atoms with Gasteiger partial charge in [-0.25, -0.2) is 0 Å². The van der Waals surface area contributed by atoms with Crippen molar-refractivity contribution in [3.63, 3.8) is 0 Å². The van der Waals surface area contributed by atoms with Crippen LogP contribution in [-0.2, 0) is 22.9 Å². The summed E-state index contributed by atoms with van der Waals surface area (Å²) in [5.41, 5.74) is 0. The Bertz CT molecular complexity index is 130. The summed E-state index contributed by atoms with van der Waals surface area (Å²) in [7, 11) is -5.20. The number of fused-ring (bicyclic) bond motifs is 2. The van der Waals surface area contributed by atoms with Crippen LogP contribution >= 0.6 is 0 Å². The Hall–Kier alpha value is 1.42. The summed E-state index contributed by atoms with van der Waals surface area (Å²) in [5.74, 6) is 0. The van der Waals surface area contributed by atoms with Crippen molar-refractivity contribution in [1.82, 2.24) is 0 Å². The molecule has 2 rings (SSSR count). The molecule has 0 amide bonds. The summed E-state index contributed by atoms with van der Waals surface area (Å²) in [6.45, 7) is 0. The van der Waals surface area contributed by atoms with Crippen molar-refractivity contribution in [2.45, 2.75) is 0 Å². The molecule has 2 saturated heterocycles. The van der Waals surface area contributed by atoms with Crippen molar-refractivity contribution in [3.05, 3.63) is 0 Å². The van der Waals surface area contributed by atoms with Gasteiger partial charge in [-0.2, -0.15) is 0 Å². The van der Waals surface area contributed by atoms with Crippen molar-refractivity contribution in [1.29, 1.82) is 0 Å². The molecule has 0 atom stereocenters. The fourth-order valence-corrected chi connectivity index (χ4v) is 0.728. The first-order chi connectivity index (χ1) is 5.24. The zero-order valence-electron chi connectivity index (χ0n) is 9.75. The van der Waals surface area contributed by atoms with Crippen LogP contribution < -0.4 is 51.4 Å². The van der Waals surface area contributed by atoms with E-state index in [2.05, 4.69) is 22.9 Å². The summed E-state index contributed by atoms with van der Waals surface area (Å²) < 4.78 is 22.6. The smallest absolute Gasteiger partial charge is 1.00 e. The van der Waals surface area contributed by atoms with E-state index < -0.39 is 29.3 Å². The zero-order chi connectivity index (χ0) is 7.84. The Balaban J connectivity index is -0.0000000514. The minimum absolute atomic E-state index is 0. The second-order valence-electron chi connectivity index (χ2n) is 1.87. The molecule has 2 fully saturated rings. The van der Waals surface area contributed by atoms with E-state index in [0.29, 0.717) is 0 Å². The van der Waals surface area contributed by atoms with E-state index in [1.807, 2.05) is 0 Å². The third-order valence-electron chi connectivity index (χ3n) is 1.13. The molecular weight excluding hydrogens is 274 g/mol. The normalized spacial score (nSPS) is 15.9. The molecule has 0 aliphatic carbocycles. The first kappa shape index (κ1) is 31.0. The van der Waals surface area contributed by atoms with E-state index in [1.54, 1.807) is 0 Å². The van der Waals surface area contributed by atoms with E-state index in [-0.39, 0.29) is 80.2 Å².